The van der Waals surface area contributed by atoms with Crippen LogP contribution >= 0.6 is 0 Å². The van der Waals surface area contributed by atoms with Crippen LogP contribution in [0.1, 0.15) is 26.2 Å². The summed E-state index contributed by atoms with van der Waals surface area (Å²) in [5.41, 5.74) is 0. The van der Waals surface area contributed by atoms with E-state index in [0.717, 1.165) is 44.8 Å². The van der Waals surface area contributed by atoms with Crippen molar-refractivity contribution >= 4 is 0 Å². The molecule has 0 saturated heterocycles. The number of hydrogen-bond acceptors (Lipinski definition) is 3. The summed E-state index contributed by atoms with van der Waals surface area (Å²) in [5, 5.41) is 3.49. The summed E-state index contributed by atoms with van der Waals surface area (Å²) in [4.78, 5) is 0. The van der Waals surface area contributed by atoms with Gasteiger partial charge in [-0.1, -0.05) is 25.1 Å². The van der Waals surface area contributed by atoms with E-state index in [2.05, 4.69) is 12.2 Å². The van der Waals surface area contributed by atoms with Gasteiger partial charge in [0.25, 0.3) is 0 Å². The topological polar surface area (TPSA) is 30.5 Å². The number of hydrogen-bond donors (Lipinski definition) is 1. The van der Waals surface area contributed by atoms with Crippen LogP contribution < -0.4 is 10.1 Å². The third-order valence-electron chi connectivity index (χ3n) is 2.76. The van der Waals surface area contributed by atoms with Gasteiger partial charge in [-0.05, 0) is 37.9 Å². The van der Waals surface area contributed by atoms with Crippen LogP contribution in [-0.2, 0) is 4.74 Å². The first-order chi connectivity index (χ1) is 8.86. The standard InChI is InChI=1S/C15H25NO2/c1-3-11-16-14(13-17-2)8-7-12-18-15-9-5-4-6-10-15/h4-6,9-10,14,16H,3,7-8,11-13H2,1-2H3. The number of nitrogens with one attached hydrogen (secondary N) is 1. The fourth-order valence-corrected chi connectivity index (χ4v) is 1.83. The second kappa shape index (κ2) is 9.92. The van der Waals surface area contributed by atoms with Crippen molar-refractivity contribution in [1.29, 1.82) is 0 Å². The summed E-state index contributed by atoms with van der Waals surface area (Å²) >= 11 is 0. The average Bonchev–Trinajstić information content (AvgIpc) is 2.42. The second-order valence-corrected chi connectivity index (χ2v) is 4.41. The Morgan fingerprint density at radius 1 is 1.22 bits per heavy atom. The third kappa shape index (κ3) is 6.62. The molecule has 1 aromatic rings. The number of ether oxygens (including phenoxy) is 2. The number of rotatable bonds is 10. The zero-order valence-electron chi connectivity index (χ0n) is 11.5. The van der Waals surface area contributed by atoms with E-state index < -0.39 is 0 Å². The van der Waals surface area contributed by atoms with Crippen molar-refractivity contribution in [1.82, 2.24) is 5.32 Å². The highest BCUT2D eigenvalue weighted by atomic mass is 16.5. The Labute approximate surface area is 110 Å². The third-order valence-corrected chi connectivity index (χ3v) is 2.76. The second-order valence-electron chi connectivity index (χ2n) is 4.41. The summed E-state index contributed by atoms with van der Waals surface area (Å²) < 4.78 is 10.9. The monoisotopic (exact) mass is 251 g/mol. The molecule has 0 aliphatic carbocycles. The van der Waals surface area contributed by atoms with Gasteiger partial charge >= 0.3 is 0 Å². The molecule has 0 aliphatic rings. The van der Waals surface area contributed by atoms with Gasteiger partial charge in [-0.25, -0.2) is 0 Å². The van der Waals surface area contributed by atoms with Gasteiger partial charge in [-0.3, -0.25) is 0 Å². The van der Waals surface area contributed by atoms with Crippen LogP contribution in [0.4, 0.5) is 0 Å². The summed E-state index contributed by atoms with van der Waals surface area (Å²) in [7, 11) is 1.75. The van der Waals surface area contributed by atoms with Crippen LogP contribution in [0, 0.1) is 0 Å². The molecule has 18 heavy (non-hydrogen) atoms. The molecule has 0 aromatic heterocycles. The smallest absolute Gasteiger partial charge is 0.119 e. The highest BCUT2D eigenvalue weighted by Gasteiger charge is 2.06. The van der Waals surface area contributed by atoms with Gasteiger partial charge in [0.2, 0.25) is 0 Å². The first-order valence-electron chi connectivity index (χ1n) is 6.77. The molecule has 0 amide bonds. The quantitative estimate of drug-likeness (QED) is 0.649. The lowest BCUT2D eigenvalue weighted by atomic mass is 10.1. The Bertz CT molecular complexity index is 290. The van der Waals surface area contributed by atoms with E-state index in [1.165, 1.54) is 0 Å². The van der Waals surface area contributed by atoms with Crippen LogP contribution in [0.2, 0.25) is 0 Å². The molecule has 0 fully saturated rings. The Kier molecular flexibility index (Phi) is 8.26. The molecule has 1 unspecified atom stereocenters. The van der Waals surface area contributed by atoms with E-state index in [4.69, 9.17) is 9.47 Å². The van der Waals surface area contributed by atoms with Crippen LogP contribution in [0.25, 0.3) is 0 Å². The number of methoxy groups -OCH3 is 1. The predicted octanol–water partition coefficient (Wildman–Crippen LogP) is 2.86. The Morgan fingerprint density at radius 3 is 2.67 bits per heavy atom. The Balaban J connectivity index is 2.14. The van der Waals surface area contributed by atoms with Gasteiger partial charge in [0.05, 0.1) is 13.2 Å². The van der Waals surface area contributed by atoms with Crippen molar-refractivity contribution in [3.8, 4) is 5.75 Å². The van der Waals surface area contributed by atoms with Gasteiger partial charge in [0.15, 0.2) is 0 Å². The van der Waals surface area contributed by atoms with E-state index in [1.54, 1.807) is 7.11 Å². The molecule has 0 radical (unpaired) electrons. The van der Waals surface area contributed by atoms with Crippen molar-refractivity contribution in [2.45, 2.75) is 32.2 Å². The van der Waals surface area contributed by atoms with Gasteiger partial charge in [0, 0.05) is 13.2 Å². The summed E-state index contributed by atoms with van der Waals surface area (Å²) in [6.45, 7) is 4.76. The molecule has 0 spiro atoms. The lowest BCUT2D eigenvalue weighted by Gasteiger charge is -2.17. The van der Waals surface area contributed by atoms with Crippen LogP contribution in [-0.4, -0.2) is 32.9 Å². The molecule has 1 aromatic carbocycles. The molecule has 3 heteroatoms. The molecule has 0 saturated carbocycles. The van der Waals surface area contributed by atoms with Crippen molar-refractivity contribution < 1.29 is 9.47 Å². The normalized spacial score (nSPS) is 12.3. The summed E-state index contributed by atoms with van der Waals surface area (Å²) in [6.07, 6.45) is 3.28. The molecular formula is C15H25NO2. The predicted molar refractivity (Wildman–Crippen MR) is 75.1 cm³/mol. The van der Waals surface area contributed by atoms with Gasteiger partial charge in [-0.2, -0.15) is 0 Å². The van der Waals surface area contributed by atoms with Crippen molar-refractivity contribution in [3.63, 3.8) is 0 Å². The van der Waals surface area contributed by atoms with Gasteiger partial charge in [0.1, 0.15) is 5.75 Å². The van der Waals surface area contributed by atoms with Gasteiger partial charge in [-0.15, -0.1) is 0 Å². The lowest BCUT2D eigenvalue weighted by molar-refractivity contribution is 0.158. The molecule has 0 aliphatic heterocycles. The summed E-state index contributed by atoms with van der Waals surface area (Å²) in [5.74, 6) is 0.947. The maximum atomic E-state index is 5.67. The molecule has 0 bridgehead atoms. The largest absolute Gasteiger partial charge is 0.494 e. The van der Waals surface area contributed by atoms with Crippen LogP contribution in [0.15, 0.2) is 30.3 Å². The fourth-order valence-electron chi connectivity index (χ4n) is 1.83. The average molecular weight is 251 g/mol. The first-order valence-corrected chi connectivity index (χ1v) is 6.77. The molecular weight excluding hydrogens is 226 g/mol. The zero-order valence-corrected chi connectivity index (χ0v) is 11.5. The fraction of sp³-hybridized carbons (Fsp3) is 0.600. The van der Waals surface area contributed by atoms with E-state index in [1.807, 2.05) is 30.3 Å². The van der Waals surface area contributed by atoms with E-state index in [9.17, 15) is 0 Å². The SMILES string of the molecule is CCCNC(CCCOc1ccccc1)COC. The van der Waals surface area contributed by atoms with Gasteiger partial charge < -0.3 is 14.8 Å². The molecule has 102 valence electrons. The molecule has 3 nitrogen and oxygen atoms in total. The van der Waals surface area contributed by atoms with Crippen molar-refractivity contribution in [2.24, 2.45) is 0 Å². The highest BCUT2D eigenvalue weighted by Crippen LogP contribution is 2.09. The summed E-state index contributed by atoms with van der Waals surface area (Å²) in [6, 6.07) is 10.4. The van der Waals surface area contributed by atoms with Crippen LogP contribution in [0.5, 0.6) is 5.75 Å². The molecule has 0 heterocycles. The number of para-hydroxylation sites is 1. The van der Waals surface area contributed by atoms with Crippen molar-refractivity contribution in [2.75, 3.05) is 26.9 Å². The minimum absolute atomic E-state index is 0.439. The molecule has 1 N–H and O–H groups in total. The minimum atomic E-state index is 0.439. The van der Waals surface area contributed by atoms with E-state index in [0.29, 0.717) is 6.04 Å². The molecule has 1 rings (SSSR count). The lowest BCUT2D eigenvalue weighted by Crippen LogP contribution is -2.34. The minimum Gasteiger partial charge on any atom is -0.494 e. The van der Waals surface area contributed by atoms with E-state index >= 15 is 0 Å². The first kappa shape index (κ1) is 15.0. The maximum Gasteiger partial charge on any atom is 0.119 e. The molecule has 1 atom stereocenters. The number of benzene rings is 1. The van der Waals surface area contributed by atoms with Crippen molar-refractivity contribution in [3.05, 3.63) is 30.3 Å². The highest BCUT2D eigenvalue weighted by molar-refractivity contribution is 5.20. The Hall–Kier alpha value is -1.06. The Morgan fingerprint density at radius 2 is 2.00 bits per heavy atom. The van der Waals surface area contributed by atoms with Crippen LogP contribution in [0.3, 0.4) is 0 Å². The zero-order chi connectivity index (χ0) is 13.1. The van der Waals surface area contributed by atoms with E-state index in [-0.39, 0.29) is 0 Å². The maximum absolute atomic E-state index is 5.67.